The minimum Gasteiger partial charge on any atom is -0.445 e. The summed E-state index contributed by atoms with van der Waals surface area (Å²) >= 11 is 4.47. The third kappa shape index (κ3) is 1.74. The summed E-state index contributed by atoms with van der Waals surface area (Å²) in [4.78, 5) is 5.02. The van der Waals surface area contributed by atoms with E-state index in [4.69, 9.17) is 4.42 Å². The summed E-state index contributed by atoms with van der Waals surface area (Å²) in [5, 5.41) is 6.88. The first-order valence-corrected chi connectivity index (χ1v) is 5.52. The molecule has 0 spiro atoms. The number of hydrogen-bond donors (Lipinski definition) is 2. The molecule has 3 rings (SSSR count). The zero-order valence-electron chi connectivity index (χ0n) is 8.79. The van der Waals surface area contributed by atoms with Gasteiger partial charge in [0.15, 0.2) is 0 Å². The predicted octanol–water partition coefficient (Wildman–Crippen LogP) is 3.02. The fourth-order valence-electron chi connectivity index (χ4n) is 1.75. The van der Waals surface area contributed by atoms with Crippen molar-refractivity contribution in [1.29, 1.82) is 0 Å². The average molecular weight is 243 g/mol. The predicted molar refractivity (Wildman–Crippen MR) is 66.8 cm³/mol. The van der Waals surface area contributed by atoms with E-state index in [1.54, 1.807) is 18.7 Å². The van der Waals surface area contributed by atoms with E-state index in [-0.39, 0.29) is 0 Å². The molecule has 2 heterocycles. The van der Waals surface area contributed by atoms with Gasteiger partial charge in [-0.1, -0.05) is 6.07 Å². The standard InChI is InChI=1S/C12H9N3OS/c17-10-3-1-2-8(12-13-6-7-16-12)11(10)9-4-5-14-15-9/h1-7,17H,(H,14,15). The Morgan fingerprint density at radius 1 is 1.18 bits per heavy atom. The third-order valence-corrected chi connectivity index (χ3v) is 2.85. The Kier molecular flexibility index (Phi) is 2.45. The molecular weight excluding hydrogens is 234 g/mol. The zero-order valence-corrected chi connectivity index (χ0v) is 9.69. The minimum absolute atomic E-state index is 0.575. The maximum Gasteiger partial charge on any atom is 0.226 e. The number of rotatable bonds is 2. The van der Waals surface area contributed by atoms with Gasteiger partial charge < -0.3 is 4.42 Å². The normalized spacial score (nSPS) is 10.6. The van der Waals surface area contributed by atoms with Crippen LogP contribution in [-0.4, -0.2) is 15.2 Å². The molecule has 0 saturated heterocycles. The highest BCUT2D eigenvalue weighted by molar-refractivity contribution is 7.80. The van der Waals surface area contributed by atoms with E-state index < -0.39 is 0 Å². The van der Waals surface area contributed by atoms with Crippen LogP contribution < -0.4 is 0 Å². The van der Waals surface area contributed by atoms with Crippen LogP contribution in [0.2, 0.25) is 0 Å². The van der Waals surface area contributed by atoms with Gasteiger partial charge in [-0.3, -0.25) is 5.10 Å². The van der Waals surface area contributed by atoms with Crippen molar-refractivity contribution in [3.05, 3.63) is 42.9 Å². The molecule has 0 bridgehead atoms. The van der Waals surface area contributed by atoms with Crippen molar-refractivity contribution < 1.29 is 4.42 Å². The highest BCUT2D eigenvalue weighted by Gasteiger charge is 2.14. The molecule has 3 aromatic rings. The fourth-order valence-corrected chi connectivity index (χ4v) is 2.08. The Morgan fingerprint density at radius 2 is 2.12 bits per heavy atom. The van der Waals surface area contributed by atoms with Crippen LogP contribution in [0, 0.1) is 0 Å². The molecular formula is C12H9N3OS. The molecule has 0 amide bonds. The zero-order chi connectivity index (χ0) is 11.7. The summed E-state index contributed by atoms with van der Waals surface area (Å²) < 4.78 is 5.33. The van der Waals surface area contributed by atoms with Crippen LogP contribution in [0.5, 0.6) is 0 Å². The first-order chi connectivity index (χ1) is 8.36. The van der Waals surface area contributed by atoms with Crippen LogP contribution in [0.3, 0.4) is 0 Å². The van der Waals surface area contributed by atoms with Crippen LogP contribution in [0.25, 0.3) is 22.7 Å². The first kappa shape index (κ1) is 10.2. The summed E-state index contributed by atoms with van der Waals surface area (Å²) in [5.41, 5.74) is 2.73. The summed E-state index contributed by atoms with van der Waals surface area (Å²) in [6, 6.07) is 7.68. The molecule has 0 unspecified atom stereocenters. The molecule has 0 saturated carbocycles. The quantitative estimate of drug-likeness (QED) is 0.680. The average Bonchev–Trinajstić information content (AvgIpc) is 3.02. The summed E-state index contributed by atoms with van der Waals surface area (Å²) in [5.74, 6) is 0.575. The van der Waals surface area contributed by atoms with Crippen molar-refractivity contribution in [3.8, 4) is 22.7 Å². The first-order valence-electron chi connectivity index (χ1n) is 5.08. The number of oxazole rings is 1. The van der Waals surface area contributed by atoms with E-state index >= 15 is 0 Å². The number of aromatic nitrogens is 3. The van der Waals surface area contributed by atoms with Gasteiger partial charge in [-0.15, -0.1) is 12.6 Å². The molecule has 0 aliphatic rings. The maximum atomic E-state index is 5.33. The van der Waals surface area contributed by atoms with Gasteiger partial charge in [-0.25, -0.2) is 4.98 Å². The monoisotopic (exact) mass is 243 g/mol. The fraction of sp³-hybridized carbons (Fsp3) is 0. The highest BCUT2D eigenvalue weighted by Crippen LogP contribution is 2.34. The Bertz CT molecular complexity index is 617. The summed E-state index contributed by atoms with van der Waals surface area (Å²) in [6.45, 7) is 0. The number of nitrogens with zero attached hydrogens (tertiary/aromatic N) is 2. The van der Waals surface area contributed by atoms with Crippen LogP contribution in [0.15, 0.2) is 52.2 Å². The second kappa shape index (κ2) is 4.10. The lowest BCUT2D eigenvalue weighted by Gasteiger charge is -2.07. The van der Waals surface area contributed by atoms with Gasteiger partial charge in [0.05, 0.1) is 11.9 Å². The lowest BCUT2D eigenvalue weighted by molar-refractivity contribution is 0.574. The van der Waals surface area contributed by atoms with Crippen molar-refractivity contribution in [1.82, 2.24) is 15.2 Å². The van der Waals surface area contributed by atoms with E-state index in [0.29, 0.717) is 5.89 Å². The van der Waals surface area contributed by atoms with Crippen LogP contribution >= 0.6 is 12.6 Å². The molecule has 2 aromatic heterocycles. The van der Waals surface area contributed by atoms with Crippen molar-refractivity contribution in [3.63, 3.8) is 0 Å². The Labute approximate surface area is 103 Å². The number of nitrogens with one attached hydrogen (secondary N) is 1. The Balaban J connectivity index is 2.26. The number of hydrogen-bond acceptors (Lipinski definition) is 4. The number of aromatic amines is 1. The molecule has 0 aliphatic carbocycles. The molecule has 17 heavy (non-hydrogen) atoms. The lowest BCUT2D eigenvalue weighted by atomic mass is 10.0. The van der Waals surface area contributed by atoms with Crippen LogP contribution in [0.4, 0.5) is 0 Å². The molecule has 0 aliphatic heterocycles. The van der Waals surface area contributed by atoms with Gasteiger partial charge >= 0.3 is 0 Å². The minimum atomic E-state index is 0.575. The van der Waals surface area contributed by atoms with Crippen molar-refractivity contribution >= 4 is 12.6 Å². The van der Waals surface area contributed by atoms with Crippen molar-refractivity contribution in [2.45, 2.75) is 4.90 Å². The molecule has 0 fully saturated rings. The van der Waals surface area contributed by atoms with Gasteiger partial charge in [0.25, 0.3) is 0 Å². The van der Waals surface area contributed by atoms with E-state index in [0.717, 1.165) is 21.7 Å². The number of benzene rings is 1. The highest BCUT2D eigenvalue weighted by atomic mass is 32.1. The SMILES string of the molecule is Sc1cccc(-c2ncco2)c1-c1ccn[nH]1. The van der Waals surface area contributed by atoms with E-state index in [1.807, 2.05) is 24.3 Å². The summed E-state index contributed by atoms with van der Waals surface area (Å²) in [6.07, 6.45) is 4.88. The third-order valence-electron chi connectivity index (χ3n) is 2.48. The molecule has 84 valence electrons. The molecule has 1 N–H and O–H groups in total. The Morgan fingerprint density at radius 3 is 2.82 bits per heavy atom. The number of H-pyrrole nitrogens is 1. The van der Waals surface area contributed by atoms with Gasteiger partial charge in [0.2, 0.25) is 5.89 Å². The second-order valence-electron chi connectivity index (χ2n) is 3.51. The smallest absolute Gasteiger partial charge is 0.226 e. The largest absolute Gasteiger partial charge is 0.445 e. The molecule has 5 heteroatoms. The van der Waals surface area contributed by atoms with Gasteiger partial charge in [0.1, 0.15) is 6.26 Å². The van der Waals surface area contributed by atoms with E-state index in [9.17, 15) is 0 Å². The summed E-state index contributed by atoms with van der Waals surface area (Å²) in [7, 11) is 0. The van der Waals surface area contributed by atoms with Crippen molar-refractivity contribution in [2.24, 2.45) is 0 Å². The second-order valence-corrected chi connectivity index (χ2v) is 3.99. The molecule has 1 aromatic carbocycles. The molecule has 0 atom stereocenters. The van der Waals surface area contributed by atoms with Gasteiger partial charge in [0, 0.05) is 22.2 Å². The lowest BCUT2D eigenvalue weighted by Crippen LogP contribution is -1.87. The van der Waals surface area contributed by atoms with Crippen molar-refractivity contribution in [2.75, 3.05) is 0 Å². The molecule has 4 nitrogen and oxygen atoms in total. The van der Waals surface area contributed by atoms with E-state index in [1.165, 1.54) is 0 Å². The van der Waals surface area contributed by atoms with Gasteiger partial charge in [-0.2, -0.15) is 5.10 Å². The molecule has 0 radical (unpaired) electrons. The van der Waals surface area contributed by atoms with Crippen LogP contribution in [0.1, 0.15) is 0 Å². The number of thiol groups is 1. The van der Waals surface area contributed by atoms with Gasteiger partial charge in [-0.05, 0) is 18.2 Å². The van der Waals surface area contributed by atoms with Crippen LogP contribution in [-0.2, 0) is 0 Å². The topological polar surface area (TPSA) is 54.7 Å². The maximum absolute atomic E-state index is 5.33. The Hall–Kier alpha value is -2.01. The van der Waals surface area contributed by atoms with E-state index in [2.05, 4.69) is 27.8 Å².